The summed E-state index contributed by atoms with van der Waals surface area (Å²) < 4.78 is 2.27. The molecule has 0 spiro atoms. The van der Waals surface area contributed by atoms with Gasteiger partial charge in [0.05, 0.1) is 16.3 Å². The first kappa shape index (κ1) is 17.9. The van der Waals surface area contributed by atoms with E-state index in [9.17, 15) is 4.79 Å². The number of carbonyl (C=O) groups is 1. The Balaban J connectivity index is 2.21. The molecule has 2 aromatic rings. The van der Waals surface area contributed by atoms with Crippen LogP contribution in [0, 0.1) is 0 Å². The van der Waals surface area contributed by atoms with Gasteiger partial charge in [0.1, 0.15) is 0 Å². The zero-order valence-electron chi connectivity index (χ0n) is 14.6. The predicted octanol–water partition coefficient (Wildman–Crippen LogP) is 4.19. The second kappa shape index (κ2) is 8.39. The van der Waals surface area contributed by atoms with Gasteiger partial charge in [-0.2, -0.15) is 0 Å². The number of hydrogen-bond donors (Lipinski definition) is 0. The van der Waals surface area contributed by atoms with Gasteiger partial charge in [-0.3, -0.25) is 4.79 Å². The number of hydrogen-bond acceptors (Lipinski definition) is 3. The van der Waals surface area contributed by atoms with Crippen LogP contribution in [0.15, 0.2) is 29.4 Å². The minimum atomic E-state index is -0.129. The number of imidazole rings is 1. The van der Waals surface area contributed by atoms with E-state index in [1.165, 1.54) is 19.3 Å². The highest BCUT2D eigenvalue weighted by Crippen LogP contribution is 2.28. The Hall–Kier alpha value is -1.49. The summed E-state index contributed by atoms with van der Waals surface area (Å²) >= 11 is 1.56. The molecule has 0 bridgehead atoms. The maximum absolute atomic E-state index is 12.1. The summed E-state index contributed by atoms with van der Waals surface area (Å²) in [5.41, 5.74) is 2.17. The lowest BCUT2D eigenvalue weighted by atomic mass is 10.2. The van der Waals surface area contributed by atoms with Crippen molar-refractivity contribution in [1.82, 2.24) is 14.5 Å². The molecule has 0 N–H and O–H groups in total. The van der Waals surface area contributed by atoms with E-state index < -0.39 is 0 Å². The van der Waals surface area contributed by atoms with Crippen molar-refractivity contribution in [1.29, 1.82) is 0 Å². The molecule has 0 aliphatic rings. The summed E-state index contributed by atoms with van der Waals surface area (Å²) in [5, 5.41) is 0.821. The molecule has 1 aromatic heterocycles. The molecule has 0 saturated heterocycles. The zero-order valence-corrected chi connectivity index (χ0v) is 15.4. The SMILES string of the molecule is CCCCCCn1c(SC(C)C(=O)N(C)C)nc2ccccc21. The van der Waals surface area contributed by atoms with Crippen molar-refractivity contribution in [2.75, 3.05) is 14.1 Å². The van der Waals surface area contributed by atoms with Crippen molar-refractivity contribution >= 4 is 28.7 Å². The van der Waals surface area contributed by atoms with Crippen molar-refractivity contribution in [2.45, 2.75) is 56.5 Å². The Bertz CT molecular complexity index is 651. The van der Waals surface area contributed by atoms with Crippen LogP contribution in [0.3, 0.4) is 0 Å². The number of rotatable bonds is 8. The molecule has 0 aliphatic carbocycles. The van der Waals surface area contributed by atoms with E-state index in [0.29, 0.717) is 0 Å². The molecule has 2 rings (SSSR count). The number of unbranched alkanes of at least 4 members (excludes halogenated alkanes) is 3. The third-order valence-corrected chi connectivity index (χ3v) is 5.00. The number of aryl methyl sites for hydroxylation is 1. The number of fused-ring (bicyclic) bond motifs is 1. The molecular formula is C18H27N3OS. The molecule has 0 saturated carbocycles. The number of benzene rings is 1. The van der Waals surface area contributed by atoms with E-state index in [4.69, 9.17) is 4.98 Å². The Morgan fingerprint density at radius 1 is 1.26 bits per heavy atom. The fourth-order valence-corrected chi connectivity index (χ4v) is 3.72. The molecule has 1 unspecified atom stereocenters. The standard InChI is InChI=1S/C18H27N3OS/c1-5-6-7-10-13-21-16-12-9-8-11-15(16)19-18(21)23-14(2)17(22)20(3)4/h8-9,11-12,14H,5-7,10,13H2,1-4H3. The summed E-state index contributed by atoms with van der Waals surface area (Å²) in [6.45, 7) is 5.14. The molecule has 5 heteroatoms. The minimum absolute atomic E-state index is 0.125. The second-order valence-corrected chi connectivity index (χ2v) is 7.40. The van der Waals surface area contributed by atoms with Gasteiger partial charge in [-0.1, -0.05) is 50.1 Å². The van der Waals surface area contributed by atoms with Gasteiger partial charge in [0.2, 0.25) is 5.91 Å². The highest BCUT2D eigenvalue weighted by atomic mass is 32.2. The van der Waals surface area contributed by atoms with Crippen LogP contribution in [0.4, 0.5) is 0 Å². The first-order valence-corrected chi connectivity index (χ1v) is 9.25. The van der Waals surface area contributed by atoms with E-state index in [1.54, 1.807) is 30.8 Å². The van der Waals surface area contributed by atoms with Crippen molar-refractivity contribution in [2.24, 2.45) is 0 Å². The largest absolute Gasteiger partial charge is 0.348 e. The van der Waals surface area contributed by atoms with Crippen LogP contribution in [0.2, 0.25) is 0 Å². The van der Waals surface area contributed by atoms with Crippen LogP contribution < -0.4 is 0 Å². The number of para-hydroxylation sites is 2. The van der Waals surface area contributed by atoms with E-state index in [-0.39, 0.29) is 11.2 Å². The summed E-state index contributed by atoms with van der Waals surface area (Å²) in [6.07, 6.45) is 4.89. The topological polar surface area (TPSA) is 38.1 Å². The minimum Gasteiger partial charge on any atom is -0.348 e. The van der Waals surface area contributed by atoms with Crippen molar-refractivity contribution < 1.29 is 4.79 Å². The molecule has 1 heterocycles. The zero-order chi connectivity index (χ0) is 16.8. The highest BCUT2D eigenvalue weighted by molar-refractivity contribution is 8.00. The Kier molecular flexibility index (Phi) is 6.51. The van der Waals surface area contributed by atoms with Crippen LogP contribution in [0.25, 0.3) is 11.0 Å². The number of nitrogens with zero attached hydrogens (tertiary/aromatic N) is 3. The van der Waals surface area contributed by atoms with Gasteiger partial charge in [-0.25, -0.2) is 4.98 Å². The molecule has 0 fully saturated rings. The molecular weight excluding hydrogens is 306 g/mol. The fraction of sp³-hybridized carbons (Fsp3) is 0.556. The molecule has 23 heavy (non-hydrogen) atoms. The molecule has 0 radical (unpaired) electrons. The third kappa shape index (κ3) is 4.50. The van der Waals surface area contributed by atoms with E-state index in [0.717, 1.165) is 29.2 Å². The monoisotopic (exact) mass is 333 g/mol. The summed E-state index contributed by atoms with van der Waals surface area (Å²) in [7, 11) is 3.60. The smallest absolute Gasteiger partial charge is 0.235 e. The average Bonchev–Trinajstić information content (AvgIpc) is 2.88. The third-order valence-electron chi connectivity index (χ3n) is 3.93. The van der Waals surface area contributed by atoms with Gasteiger partial charge in [-0.15, -0.1) is 0 Å². The quantitative estimate of drug-likeness (QED) is 0.537. The van der Waals surface area contributed by atoms with Crippen LogP contribution in [-0.2, 0) is 11.3 Å². The van der Waals surface area contributed by atoms with Crippen LogP contribution in [-0.4, -0.2) is 39.7 Å². The van der Waals surface area contributed by atoms with Crippen molar-refractivity contribution in [3.05, 3.63) is 24.3 Å². The molecule has 1 amide bonds. The first-order chi connectivity index (χ1) is 11.0. The fourth-order valence-electron chi connectivity index (χ4n) is 2.63. The lowest BCUT2D eigenvalue weighted by Gasteiger charge is -2.16. The van der Waals surface area contributed by atoms with Gasteiger partial charge in [0.15, 0.2) is 5.16 Å². The van der Waals surface area contributed by atoms with Gasteiger partial charge in [0.25, 0.3) is 0 Å². The summed E-state index contributed by atoms with van der Waals surface area (Å²) in [6, 6.07) is 8.22. The summed E-state index contributed by atoms with van der Waals surface area (Å²) in [4.78, 5) is 18.5. The molecule has 1 atom stereocenters. The Morgan fingerprint density at radius 2 is 2.00 bits per heavy atom. The van der Waals surface area contributed by atoms with Crippen molar-refractivity contribution in [3.63, 3.8) is 0 Å². The van der Waals surface area contributed by atoms with Crippen LogP contribution >= 0.6 is 11.8 Å². The summed E-state index contributed by atoms with van der Waals surface area (Å²) in [5.74, 6) is 0.125. The Labute approximate surface area is 143 Å². The molecule has 1 aromatic carbocycles. The second-order valence-electron chi connectivity index (χ2n) is 6.09. The molecule has 4 nitrogen and oxygen atoms in total. The van der Waals surface area contributed by atoms with Crippen LogP contribution in [0.1, 0.15) is 39.5 Å². The lowest BCUT2D eigenvalue weighted by molar-refractivity contribution is -0.127. The van der Waals surface area contributed by atoms with Gasteiger partial charge in [-0.05, 0) is 25.5 Å². The first-order valence-electron chi connectivity index (χ1n) is 8.37. The highest BCUT2D eigenvalue weighted by Gasteiger charge is 2.20. The van der Waals surface area contributed by atoms with E-state index in [1.807, 2.05) is 19.1 Å². The van der Waals surface area contributed by atoms with Gasteiger partial charge < -0.3 is 9.47 Å². The van der Waals surface area contributed by atoms with E-state index in [2.05, 4.69) is 23.6 Å². The number of aromatic nitrogens is 2. The molecule has 0 aliphatic heterocycles. The van der Waals surface area contributed by atoms with E-state index >= 15 is 0 Å². The molecule has 126 valence electrons. The van der Waals surface area contributed by atoms with Gasteiger partial charge in [0, 0.05) is 20.6 Å². The Morgan fingerprint density at radius 3 is 2.70 bits per heavy atom. The van der Waals surface area contributed by atoms with Crippen molar-refractivity contribution in [3.8, 4) is 0 Å². The predicted molar refractivity (Wildman–Crippen MR) is 97.9 cm³/mol. The lowest BCUT2D eigenvalue weighted by Crippen LogP contribution is -2.29. The average molecular weight is 334 g/mol. The number of carbonyl (C=O) groups excluding carboxylic acids is 1. The maximum Gasteiger partial charge on any atom is 0.235 e. The number of thioether (sulfide) groups is 1. The maximum atomic E-state index is 12.1. The normalized spacial score (nSPS) is 12.5. The number of amides is 1. The van der Waals surface area contributed by atoms with Crippen LogP contribution in [0.5, 0.6) is 0 Å². The van der Waals surface area contributed by atoms with Gasteiger partial charge >= 0.3 is 0 Å².